The van der Waals surface area contributed by atoms with Gasteiger partial charge < -0.3 is 0 Å². The molecule has 0 amide bonds. The van der Waals surface area contributed by atoms with E-state index in [-0.39, 0.29) is 0 Å². The van der Waals surface area contributed by atoms with Gasteiger partial charge in [-0.25, -0.2) is 0 Å². The zero-order valence-electron chi connectivity index (χ0n) is 22.9. The summed E-state index contributed by atoms with van der Waals surface area (Å²) >= 11 is 0. The highest BCUT2D eigenvalue weighted by Crippen LogP contribution is 2.46. The van der Waals surface area contributed by atoms with E-state index in [1.807, 2.05) is 0 Å². The molecule has 0 atom stereocenters. The average Bonchev–Trinajstić information content (AvgIpc) is 3.03. The van der Waals surface area contributed by atoms with Crippen LogP contribution in [0.4, 0.5) is 0 Å². The van der Waals surface area contributed by atoms with Gasteiger partial charge in [0.05, 0.1) is 0 Å². The van der Waals surface area contributed by atoms with Crippen molar-refractivity contribution in [2.24, 2.45) is 0 Å². The molecule has 0 aromatic heterocycles. The molecule has 0 spiro atoms. The molecular weight excluding hydrogens is 492 g/mol. The monoisotopic (exact) mass is 520 g/mol. The molecule has 0 unspecified atom stereocenters. The molecule has 8 rings (SSSR count). The summed E-state index contributed by atoms with van der Waals surface area (Å²) in [6, 6.07) is 55.8. The number of hydrogen-bond acceptors (Lipinski definition) is 0. The zero-order valence-corrected chi connectivity index (χ0v) is 22.9. The highest BCUT2D eigenvalue weighted by molar-refractivity contribution is 6.22. The Morgan fingerprint density at radius 2 is 0.780 bits per heavy atom. The third-order valence-corrected chi connectivity index (χ3v) is 8.46. The van der Waals surface area contributed by atoms with Gasteiger partial charge in [0.25, 0.3) is 0 Å². The molecule has 0 fully saturated rings. The molecule has 0 N–H and O–H groups in total. The van der Waals surface area contributed by atoms with E-state index in [1.165, 1.54) is 82.0 Å². The van der Waals surface area contributed by atoms with E-state index in [1.54, 1.807) is 0 Å². The van der Waals surface area contributed by atoms with Crippen LogP contribution in [0.3, 0.4) is 0 Å². The fourth-order valence-electron chi connectivity index (χ4n) is 6.46. The predicted molar refractivity (Wildman–Crippen MR) is 178 cm³/mol. The Kier molecular flexibility index (Phi) is 5.47. The molecule has 0 aliphatic carbocycles. The van der Waals surface area contributed by atoms with Crippen LogP contribution in [-0.4, -0.2) is 0 Å². The zero-order chi connectivity index (χ0) is 27.3. The Labute approximate surface area is 240 Å². The average molecular weight is 521 g/mol. The second-order valence-electron chi connectivity index (χ2n) is 11.0. The van der Waals surface area contributed by atoms with Crippen molar-refractivity contribution in [3.8, 4) is 33.4 Å². The van der Waals surface area contributed by atoms with Crippen molar-refractivity contribution >= 4 is 43.1 Å². The van der Waals surface area contributed by atoms with Crippen molar-refractivity contribution in [2.75, 3.05) is 0 Å². The lowest BCUT2D eigenvalue weighted by Crippen LogP contribution is -1.93. The van der Waals surface area contributed by atoms with Crippen LogP contribution in [0.2, 0.25) is 0 Å². The Morgan fingerprint density at radius 1 is 0.293 bits per heavy atom. The van der Waals surface area contributed by atoms with E-state index in [0.717, 1.165) is 0 Å². The number of fused-ring (bicyclic) bond motifs is 4. The number of aryl methyl sites for hydroxylation is 1. The standard InChI is InChI=1S/C41H28/c1-27-15-21-36-38(23-27)40(34-18-16-29-11-5-7-13-31(29)24-34)37-22-20-33(28-9-3-2-4-10-28)26-39(37)41(36)35-19-17-30-12-6-8-14-32(30)25-35/h2-26H,1H3. The molecular formula is C41H28. The maximum atomic E-state index is 2.40. The largest absolute Gasteiger partial charge is 0.0622 e. The lowest BCUT2D eigenvalue weighted by atomic mass is 9.83. The lowest BCUT2D eigenvalue weighted by molar-refractivity contribution is 1.51. The molecule has 8 aromatic rings. The quantitative estimate of drug-likeness (QED) is 0.203. The Bertz CT molecular complexity index is 2250. The van der Waals surface area contributed by atoms with Crippen molar-refractivity contribution < 1.29 is 0 Å². The highest BCUT2D eigenvalue weighted by atomic mass is 14.2. The van der Waals surface area contributed by atoms with Crippen LogP contribution in [0.15, 0.2) is 152 Å². The van der Waals surface area contributed by atoms with E-state index in [0.29, 0.717) is 0 Å². The fraction of sp³-hybridized carbons (Fsp3) is 0.0244. The number of benzene rings is 8. The summed E-state index contributed by atoms with van der Waals surface area (Å²) in [5.41, 5.74) is 8.83. The topological polar surface area (TPSA) is 0 Å². The van der Waals surface area contributed by atoms with E-state index >= 15 is 0 Å². The van der Waals surface area contributed by atoms with E-state index in [9.17, 15) is 0 Å². The van der Waals surface area contributed by atoms with E-state index in [4.69, 9.17) is 0 Å². The lowest BCUT2D eigenvalue weighted by Gasteiger charge is -2.20. The minimum Gasteiger partial charge on any atom is -0.0622 e. The van der Waals surface area contributed by atoms with Crippen molar-refractivity contribution in [1.29, 1.82) is 0 Å². The Balaban J connectivity index is 1.53. The third kappa shape index (κ3) is 4.00. The van der Waals surface area contributed by atoms with Crippen molar-refractivity contribution in [3.63, 3.8) is 0 Å². The van der Waals surface area contributed by atoms with Gasteiger partial charge in [-0.1, -0.05) is 139 Å². The van der Waals surface area contributed by atoms with Gasteiger partial charge in [0, 0.05) is 0 Å². The molecule has 0 nitrogen and oxygen atoms in total. The van der Waals surface area contributed by atoms with Crippen molar-refractivity contribution in [1.82, 2.24) is 0 Å². The molecule has 41 heavy (non-hydrogen) atoms. The van der Waals surface area contributed by atoms with Crippen LogP contribution >= 0.6 is 0 Å². The summed E-state index contributed by atoms with van der Waals surface area (Å²) in [6.07, 6.45) is 0. The number of hydrogen-bond donors (Lipinski definition) is 0. The normalized spacial score (nSPS) is 11.5. The van der Waals surface area contributed by atoms with E-state index in [2.05, 4.69) is 159 Å². The second-order valence-corrected chi connectivity index (χ2v) is 11.0. The summed E-state index contributed by atoms with van der Waals surface area (Å²) in [5.74, 6) is 0. The Hall–Kier alpha value is -5.20. The van der Waals surface area contributed by atoms with Gasteiger partial charge in [0.1, 0.15) is 0 Å². The summed E-state index contributed by atoms with van der Waals surface area (Å²) in [7, 11) is 0. The van der Waals surface area contributed by atoms with Gasteiger partial charge in [-0.05, 0) is 102 Å². The Morgan fingerprint density at radius 3 is 1.39 bits per heavy atom. The van der Waals surface area contributed by atoms with Gasteiger partial charge in [-0.15, -0.1) is 0 Å². The minimum absolute atomic E-state index is 1.23. The summed E-state index contributed by atoms with van der Waals surface area (Å²) < 4.78 is 0. The maximum absolute atomic E-state index is 2.40. The second kappa shape index (κ2) is 9.47. The SMILES string of the molecule is Cc1ccc2c(-c3ccc4ccccc4c3)c3cc(-c4ccccc4)ccc3c(-c3ccc4ccccc4c3)c2c1. The third-order valence-electron chi connectivity index (χ3n) is 8.46. The van der Waals surface area contributed by atoms with Gasteiger partial charge in [-0.2, -0.15) is 0 Å². The molecule has 0 aliphatic heterocycles. The van der Waals surface area contributed by atoms with Gasteiger partial charge in [0.15, 0.2) is 0 Å². The molecule has 0 saturated heterocycles. The van der Waals surface area contributed by atoms with Crippen LogP contribution in [0.1, 0.15) is 5.56 Å². The first-order valence-corrected chi connectivity index (χ1v) is 14.3. The van der Waals surface area contributed by atoms with Crippen molar-refractivity contribution in [2.45, 2.75) is 6.92 Å². The summed E-state index contributed by atoms with van der Waals surface area (Å²) in [6.45, 7) is 2.20. The minimum atomic E-state index is 1.23. The maximum Gasteiger partial charge on any atom is -0.00259 e. The molecule has 0 heteroatoms. The first kappa shape index (κ1) is 23.7. The van der Waals surface area contributed by atoms with Gasteiger partial charge in [-0.3, -0.25) is 0 Å². The fourth-order valence-corrected chi connectivity index (χ4v) is 6.46. The summed E-state index contributed by atoms with van der Waals surface area (Å²) in [5, 5.41) is 10.2. The van der Waals surface area contributed by atoms with Crippen LogP contribution in [0, 0.1) is 6.92 Å². The molecule has 0 bridgehead atoms. The predicted octanol–water partition coefficient (Wildman–Crippen LogP) is 11.6. The first-order valence-electron chi connectivity index (χ1n) is 14.3. The molecule has 0 saturated carbocycles. The molecule has 0 radical (unpaired) electrons. The van der Waals surface area contributed by atoms with Crippen LogP contribution in [0.5, 0.6) is 0 Å². The summed E-state index contributed by atoms with van der Waals surface area (Å²) in [4.78, 5) is 0. The molecule has 0 aliphatic rings. The van der Waals surface area contributed by atoms with Crippen LogP contribution in [0.25, 0.3) is 76.5 Å². The van der Waals surface area contributed by atoms with E-state index < -0.39 is 0 Å². The smallest absolute Gasteiger partial charge is 0.00259 e. The van der Waals surface area contributed by atoms with Crippen LogP contribution < -0.4 is 0 Å². The highest BCUT2D eigenvalue weighted by Gasteiger charge is 2.18. The number of rotatable bonds is 3. The first-order chi connectivity index (χ1) is 20.2. The van der Waals surface area contributed by atoms with Crippen molar-refractivity contribution in [3.05, 3.63) is 157 Å². The van der Waals surface area contributed by atoms with Gasteiger partial charge >= 0.3 is 0 Å². The van der Waals surface area contributed by atoms with Crippen LogP contribution in [-0.2, 0) is 0 Å². The molecule has 8 aromatic carbocycles. The van der Waals surface area contributed by atoms with Gasteiger partial charge in [0.2, 0.25) is 0 Å². The molecule has 192 valence electrons. The molecule has 0 heterocycles.